The standard InChI is InChI=1S/C4F10N2/c5-1(6)15-4(13,14)16(2(7,8)9)3(10,11)12. The summed E-state index contributed by atoms with van der Waals surface area (Å²) in [6, 6.07) is 0. The van der Waals surface area contributed by atoms with Crippen LogP contribution >= 0.6 is 0 Å². The van der Waals surface area contributed by atoms with Crippen LogP contribution in [-0.2, 0) is 0 Å². The highest BCUT2D eigenvalue weighted by Gasteiger charge is 2.66. The minimum Gasteiger partial charge on any atom is -0.163 e. The summed E-state index contributed by atoms with van der Waals surface area (Å²) in [7, 11) is 0. The van der Waals surface area contributed by atoms with Gasteiger partial charge in [0.1, 0.15) is 0 Å². The molecule has 0 aliphatic carbocycles. The van der Waals surface area contributed by atoms with E-state index in [0.717, 1.165) is 0 Å². The van der Waals surface area contributed by atoms with E-state index >= 15 is 0 Å². The van der Waals surface area contributed by atoms with Crippen molar-refractivity contribution in [1.29, 1.82) is 0 Å². The van der Waals surface area contributed by atoms with Crippen molar-refractivity contribution in [3.63, 3.8) is 0 Å². The molecule has 0 heterocycles. The average Bonchev–Trinajstić information content (AvgIpc) is 1.70. The van der Waals surface area contributed by atoms with Crippen LogP contribution < -0.4 is 0 Å². The molecule has 0 aromatic carbocycles. The second-order valence-electron chi connectivity index (χ2n) is 2.13. The van der Waals surface area contributed by atoms with Crippen LogP contribution in [0.1, 0.15) is 0 Å². The van der Waals surface area contributed by atoms with Gasteiger partial charge in [-0.1, -0.05) is 0 Å². The van der Waals surface area contributed by atoms with Gasteiger partial charge in [0.15, 0.2) is 0 Å². The fourth-order valence-electron chi connectivity index (χ4n) is 0.600. The molecule has 0 atom stereocenters. The molecule has 0 amide bonds. The third-order valence-electron chi connectivity index (χ3n) is 0.995. The molecule has 12 heteroatoms. The normalized spacial score (nSPS) is 14.2. The van der Waals surface area contributed by atoms with Crippen LogP contribution in [0.4, 0.5) is 43.9 Å². The highest BCUT2D eigenvalue weighted by Crippen LogP contribution is 2.42. The van der Waals surface area contributed by atoms with Gasteiger partial charge in [-0.05, 0) is 4.90 Å². The molecule has 0 bridgehead atoms. The van der Waals surface area contributed by atoms with E-state index < -0.39 is 29.9 Å². The van der Waals surface area contributed by atoms with E-state index in [1.54, 1.807) is 0 Å². The number of halogens is 10. The summed E-state index contributed by atoms with van der Waals surface area (Å²) in [5.41, 5.74) is 0. The van der Waals surface area contributed by atoms with Gasteiger partial charge in [-0.2, -0.15) is 43.9 Å². The van der Waals surface area contributed by atoms with Gasteiger partial charge in [0, 0.05) is 0 Å². The molecular weight excluding hydrogens is 266 g/mol. The maximum atomic E-state index is 12.1. The van der Waals surface area contributed by atoms with Crippen LogP contribution in [0, 0.1) is 0 Å². The average molecular weight is 266 g/mol. The Morgan fingerprint density at radius 3 is 1.25 bits per heavy atom. The SMILES string of the molecule is FC(F)=NC(F)(F)N(C(F)(F)F)C(F)(F)F. The number of nitrogens with zero attached hydrogens (tertiary/aromatic N) is 2. The van der Waals surface area contributed by atoms with Crippen molar-refractivity contribution in [1.82, 2.24) is 4.90 Å². The van der Waals surface area contributed by atoms with Crippen molar-refractivity contribution in [2.45, 2.75) is 18.8 Å². The van der Waals surface area contributed by atoms with Crippen molar-refractivity contribution in [2.75, 3.05) is 0 Å². The molecule has 0 spiro atoms. The van der Waals surface area contributed by atoms with Crippen LogP contribution in [0.2, 0.25) is 0 Å². The molecular formula is C4F10N2. The highest BCUT2D eigenvalue weighted by atomic mass is 19.4. The van der Waals surface area contributed by atoms with Crippen LogP contribution in [0.25, 0.3) is 0 Å². The Labute approximate surface area is 80.1 Å². The quantitative estimate of drug-likeness (QED) is 0.426. The first-order valence-electron chi connectivity index (χ1n) is 3.01. The van der Waals surface area contributed by atoms with Crippen LogP contribution in [0.15, 0.2) is 4.99 Å². The lowest BCUT2D eigenvalue weighted by Gasteiger charge is -2.29. The van der Waals surface area contributed by atoms with E-state index in [9.17, 15) is 43.9 Å². The first-order valence-corrected chi connectivity index (χ1v) is 3.01. The van der Waals surface area contributed by atoms with Crippen molar-refractivity contribution in [3.05, 3.63) is 0 Å². The topological polar surface area (TPSA) is 15.6 Å². The number of hydrogen-bond acceptors (Lipinski definition) is 2. The minimum absolute atomic E-state index is 0.678. The summed E-state index contributed by atoms with van der Waals surface area (Å²) < 4.78 is 116. The van der Waals surface area contributed by atoms with E-state index in [-0.39, 0.29) is 0 Å². The molecule has 0 rings (SSSR count). The van der Waals surface area contributed by atoms with E-state index in [1.165, 1.54) is 0 Å². The van der Waals surface area contributed by atoms with Crippen LogP contribution in [0.3, 0.4) is 0 Å². The van der Waals surface area contributed by atoms with E-state index in [2.05, 4.69) is 0 Å². The van der Waals surface area contributed by atoms with Gasteiger partial charge in [-0.25, -0.2) is 0 Å². The summed E-state index contributed by atoms with van der Waals surface area (Å²) in [6.45, 7) is 0. The summed E-state index contributed by atoms with van der Waals surface area (Å²) in [6.07, 6.45) is -23.0. The number of hydrogen-bond donors (Lipinski definition) is 0. The molecule has 0 saturated heterocycles. The largest absolute Gasteiger partial charge is 0.473 e. The third kappa shape index (κ3) is 3.83. The van der Waals surface area contributed by atoms with E-state index in [0.29, 0.717) is 4.99 Å². The lowest BCUT2D eigenvalue weighted by atomic mass is 10.7. The Morgan fingerprint density at radius 1 is 0.750 bits per heavy atom. The molecule has 0 aromatic heterocycles. The minimum atomic E-state index is -6.61. The van der Waals surface area contributed by atoms with Crippen molar-refractivity contribution >= 4 is 6.22 Å². The van der Waals surface area contributed by atoms with E-state index in [1.807, 2.05) is 0 Å². The summed E-state index contributed by atoms with van der Waals surface area (Å²) in [4.78, 5) is -2.66. The molecule has 0 N–H and O–H groups in total. The zero-order chi connectivity index (χ0) is 13.4. The molecule has 0 aliphatic rings. The first-order chi connectivity index (χ1) is 6.78. The number of rotatable bonds is 2. The van der Waals surface area contributed by atoms with Crippen molar-refractivity contribution < 1.29 is 43.9 Å². The van der Waals surface area contributed by atoms with Gasteiger partial charge in [0.05, 0.1) is 0 Å². The highest BCUT2D eigenvalue weighted by molar-refractivity contribution is 5.63. The Bertz CT molecular complexity index is 256. The third-order valence-corrected chi connectivity index (χ3v) is 0.995. The number of aliphatic imine (C=N–C) groups is 1. The molecule has 0 radical (unpaired) electrons. The molecule has 0 aliphatic heterocycles. The lowest BCUT2D eigenvalue weighted by Crippen LogP contribution is -2.57. The predicted molar refractivity (Wildman–Crippen MR) is 28.5 cm³/mol. The van der Waals surface area contributed by atoms with Gasteiger partial charge in [-0.3, -0.25) is 0 Å². The van der Waals surface area contributed by atoms with Gasteiger partial charge < -0.3 is 0 Å². The summed E-state index contributed by atoms with van der Waals surface area (Å²) >= 11 is 0. The summed E-state index contributed by atoms with van der Waals surface area (Å²) in [5, 5.41) is 0. The maximum absolute atomic E-state index is 12.1. The van der Waals surface area contributed by atoms with Gasteiger partial charge in [0.2, 0.25) is 0 Å². The Kier molecular flexibility index (Phi) is 3.79. The second kappa shape index (κ2) is 4.07. The zero-order valence-electron chi connectivity index (χ0n) is 6.67. The maximum Gasteiger partial charge on any atom is 0.473 e. The van der Waals surface area contributed by atoms with Crippen molar-refractivity contribution in [2.24, 2.45) is 4.99 Å². The van der Waals surface area contributed by atoms with Crippen LogP contribution in [-0.4, -0.2) is 29.9 Å². The van der Waals surface area contributed by atoms with Gasteiger partial charge >= 0.3 is 25.0 Å². The number of alkyl halides is 8. The molecule has 0 aromatic rings. The Morgan fingerprint density at radius 2 is 1.06 bits per heavy atom. The van der Waals surface area contributed by atoms with Crippen molar-refractivity contribution in [3.8, 4) is 0 Å². The fourth-order valence-corrected chi connectivity index (χ4v) is 0.600. The Balaban J connectivity index is 5.46. The molecule has 0 unspecified atom stereocenters. The van der Waals surface area contributed by atoms with Gasteiger partial charge in [-0.15, -0.1) is 4.99 Å². The zero-order valence-corrected chi connectivity index (χ0v) is 6.67. The smallest absolute Gasteiger partial charge is 0.163 e. The molecule has 96 valence electrons. The van der Waals surface area contributed by atoms with Crippen LogP contribution in [0.5, 0.6) is 0 Å². The molecule has 0 saturated carbocycles. The monoisotopic (exact) mass is 266 g/mol. The fraction of sp³-hybridized carbons (Fsp3) is 0.750. The molecule has 16 heavy (non-hydrogen) atoms. The lowest BCUT2D eigenvalue weighted by molar-refractivity contribution is -0.438. The predicted octanol–water partition coefficient (Wildman–Crippen LogP) is 3.17. The van der Waals surface area contributed by atoms with Gasteiger partial charge in [0.25, 0.3) is 0 Å². The Hall–Kier alpha value is -1.07. The second-order valence-corrected chi connectivity index (χ2v) is 2.13. The van der Waals surface area contributed by atoms with E-state index in [4.69, 9.17) is 0 Å². The first kappa shape index (κ1) is 14.9. The summed E-state index contributed by atoms with van der Waals surface area (Å²) in [5.74, 6) is 0. The molecule has 2 nitrogen and oxygen atoms in total. The molecule has 0 fully saturated rings.